The van der Waals surface area contributed by atoms with Crippen LogP contribution >= 0.6 is 0 Å². The summed E-state index contributed by atoms with van der Waals surface area (Å²) < 4.78 is 0. The first-order valence-corrected chi connectivity index (χ1v) is 4.89. The monoisotopic (exact) mass is 185 g/mol. The Kier molecular flexibility index (Phi) is 1.63. The number of aromatic nitrogens is 3. The van der Waals surface area contributed by atoms with Crippen LogP contribution < -0.4 is 0 Å². The lowest BCUT2D eigenvalue weighted by atomic mass is 10.1. The second kappa shape index (κ2) is 2.94. The van der Waals surface area contributed by atoms with Crippen LogP contribution in [0.2, 0.25) is 0 Å². The molecule has 70 valence electrons. The van der Waals surface area contributed by atoms with Gasteiger partial charge in [0.05, 0.1) is 5.52 Å². The number of H-pyrrole nitrogens is 1. The van der Waals surface area contributed by atoms with Crippen LogP contribution in [0.1, 0.15) is 24.6 Å². The van der Waals surface area contributed by atoms with Crippen molar-refractivity contribution in [3.05, 3.63) is 36.3 Å². The van der Waals surface area contributed by atoms with Gasteiger partial charge in [-0.25, -0.2) is 9.97 Å². The molecule has 0 atom stereocenters. The van der Waals surface area contributed by atoms with Crippen LogP contribution in [0.4, 0.5) is 0 Å². The summed E-state index contributed by atoms with van der Waals surface area (Å²) in [4.78, 5) is 12.0. The lowest BCUT2D eigenvalue weighted by molar-refractivity contribution is 0.706. The van der Waals surface area contributed by atoms with Crippen molar-refractivity contribution in [2.45, 2.75) is 18.8 Å². The highest BCUT2D eigenvalue weighted by Gasteiger charge is 2.16. The molecule has 0 radical (unpaired) electrons. The van der Waals surface area contributed by atoms with Crippen molar-refractivity contribution in [3.63, 3.8) is 0 Å². The van der Waals surface area contributed by atoms with E-state index in [1.54, 1.807) is 6.20 Å². The number of nitrogens with one attached hydrogen (secondary N) is 1. The van der Waals surface area contributed by atoms with Gasteiger partial charge < -0.3 is 4.98 Å². The van der Waals surface area contributed by atoms with Crippen LogP contribution in [0, 0.1) is 0 Å². The molecule has 0 aliphatic heterocycles. The van der Waals surface area contributed by atoms with Crippen molar-refractivity contribution < 1.29 is 0 Å². The molecule has 2 heterocycles. The molecule has 0 aromatic carbocycles. The summed E-state index contributed by atoms with van der Waals surface area (Å²) in [6, 6.07) is 3.94. The van der Waals surface area contributed by atoms with Gasteiger partial charge in [0, 0.05) is 12.1 Å². The highest BCUT2D eigenvalue weighted by molar-refractivity contribution is 5.70. The van der Waals surface area contributed by atoms with Crippen molar-refractivity contribution in [1.82, 2.24) is 15.0 Å². The number of rotatable bonds is 1. The Balaban J connectivity index is 2.05. The van der Waals surface area contributed by atoms with E-state index < -0.39 is 0 Å². The number of nitrogens with zero attached hydrogens (tertiary/aromatic N) is 2. The number of imidazole rings is 1. The van der Waals surface area contributed by atoms with E-state index in [1.807, 2.05) is 12.1 Å². The summed E-state index contributed by atoms with van der Waals surface area (Å²) in [5.74, 6) is 1.60. The minimum Gasteiger partial charge on any atom is -0.340 e. The second-order valence-corrected chi connectivity index (χ2v) is 3.64. The van der Waals surface area contributed by atoms with E-state index in [0.717, 1.165) is 29.8 Å². The van der Waals surface area contributed by atoms with E-state index >= 15 is 0 Å². The maximum Gasteiger partial charge on any atom is 0.177 e. The number of fused-ring (bicyclic) bond motifs is 1. The van der Waals surface area contributed by atoms with Crippen molar-refractivity contribution >= 4 is 11.2 Å². The zero-order valence-corrected chi connectivity index (χ0v) is 7.77. The largest absolute Gasteiger partial charge is 0.340 e. The average Bonchev–Trinajstić information content (AvgIpc) is 2.86. The third-order valence-electron chi connectivity index (χ3n) is 2.67. The summed E-state index contributed by atoms with van der Waals surface area (Å²) in [5.41, 5.74) is 1.86. The number of hydrogen-bond donors (Lipinski definition) is 1. The predicted octanol–water partition coefficient (Wildman–Crippen LogP) is 2.39. The van der Waals surface area contributed by atoms with Crippen molar-refractivity contribution in [2.75, 3.05) is 0 Å². The van der Waals surface area contributed by atoms with E-state index in [9.17, 15) is 0 Å². The molecule has 0 amide bonds. The van der Waals surface area contributed by atoms with Gasteiger partial charge in [-0.2, -0.15) is 0 Å². The highest BCUT2D eigenvalue weighted by atomic mass is 15.0. The van der Waals surface area contributed by atoms with Gasteiger partial charge >= 0.3 is 0 Å². The Morgan fingerprint density at radius 3 is 2.93 bits per heavy atom. The molecule has 0 spiro atoms. The summed E-state index contributed by atoms with van der Waals surface area (Å²) in [6.45, 7) is 0. The van der Waals surface area contributed by atoms with E-state index in [4.69, 9.17) is 0 Å². The molecule has 2 aromatic heterocycles. The summed E-state index contributed by atoms with van der Waals surface area (Å²) >= 11 is 0. The Morgan fingerprint density at radius 1 is 1.29 bits per heavy atom. The smallest absolute Gasteiger partial charge is 0.177 e. The number of allylic oxidation sites excluding steroid dienone is 2. The Morgan fingerprint density at radius 2 is 2.14 bits per heavy atom. The standard InChI is InChI=1S/C11H11N3/c1-2-5-8(4-1)10-13-9-6-3-7-12-11(9)14-10/h1-3,6-8H,4-5H2,(H,12,13,14). The number of hydrogen-bond acceptors (Lipinski definition) is 2. The van der Waals surface area contributed by atoms with Gasteiger partial charge in [0.2, 0.25) is 0 Å². The fraction of sp³-hybridized carbons (Fsp3) is 0.273. The Hall–Kier alpha value is -1.64. The summed E-state index contributed by atoms with van der Waals surface area (Å²) in [7, 11) is 0. The maximum atomic E-state index is 4.49. The van der Waals surface area contributed by atoms with Gasteiger partial charge in [-0.05, 0) is 25.0 Å². The fourth-order valence-corrected chi connectivity index (χ4v) is 1.90. The van der Waals surface area contributed by atoms with Crippen LogP contribution in [-0.4, -0.2) is 15.0 Å². The summed E-state index contributed by atoms with van der Waals surface area (Å²) in [6.07, 6.45) is 8.40. The molecule has 3 rings (SSSR count). The molecule has 0 unspecified atom stereocenters. The normalized spacial score (nSPS) is 16.9. The van der Waals surface area contributed by atoms with Gasteiger partial charge in [-0.15, -0.1) is 0 Å². The quantitative estimate of drug-likeness (QED) is 0.693. The second-order valence-electron chi connectivity index (χ2n) is 3.64. The highest BCUT2D eigenvalue weighted by Crippen LogP contribution is 2.27. The predicted molar refractivity (Wildman–Crippen MR) is 55.0 cm³/mol. The van der Waals surface area contributed by atoms with Crippen molar-refractivity contribution in [3.8, 4) is 0 Å². The fourth-order valence-electron chi connectivity index (χ4n) is 1.90. The van der Waals surface area contributed by atoms with Crippen LogP contribution in [0.15, 0.2) is 30.5 Å². The molecule has 0 fully saturated rings. The Bertz CT molecular complexity index is 443. The van der Waals surface area contributed by atoms with Gasteiger partial charge in [0.15, 0.2) is 5.65 Å². The topological polar surface area (TPSA) is 41.6 Å². The third kappa shape index (κ3) is 1.13. The summed E-state index contributed by atoms with van der Waals surface area (Å²) in [5, 5.41) is 0. The van der Waals surface area contributed by atoms with Gasteiger partial charge in [0.1, 0.15) is 5.82 Å². The third-order valence-corrected chi connectivity index (χ3v) is 2.67. The lowest BCUT2D eigenvalue weighted by Crippen LogP contribution is -1.94. The molecular weight excluding hydrogens is 174 g/mol. The molecule has 0 saturated heterocycles. The number of pyridine rings is 1. The first-order valence-electron chi connectivity index (χ1n) is 4.89. The average molecular weight is 185 g/mol. The molecule has 3 nitrogen and oxygen atoms in total. The van der Waals surface area contributed by atoms with Gasteiger partial charge in [0.25, 0.3) is 0 Å². The first-order chi connectivity index (χ1) is 6.93. The van der Waals surface area contributed by atoms with Crippen LogP contribution in [0.3, 0.4) is 0 Å². The molecular formula is C11H11N3. The Labute approximate surface area is 81.9 Å². The minimum atomic E-state index is 0.532. The van der Waals surface area contributed by atoms with Crippen molar-refractivity contribution in [2.24, 2.45) is 0 Å². The zero-order chi connectivity index (χ0) is 9.38. The molecule has 0 saturated carbocycles. The molecule has 0 bridgehead atoms. The molecule has 1 N–H and O–H groups in total. The van der Waals surface area contributed by atoms with Crippen LogP contribution in [0.5, 0.6) is 0 Å². The molecule has 2 aromatic rings. The van der Waals surface area contributed by atoms with E-state index in [1.165, 1.54) is 0 Å². The molecule has 1 aliphatic carbocycles. The molecule has 3 heteroatoms. The first kappa shape index (κ1) is 7.74. The van der Waals surface area contributed by atoms with Crippen LogP contribution in [-0.2, 0) is 0 Å². The van der Waals surface area contributed by atoms with Gasteiger partial charge in [-0.1, -0.05) is 12.2 Å². The SMILES string of the molecule is C1=CCC(c2nc3ncccc3[nH]2)C1. The van der Waals surface area contributed by atoms with Crippen molar-refractivity contribution in [1.29, 1.82) is 0 Å². The van der Waals surface area contributed by atoms with E-state index in [2.05, 4.69) is 27.1 Å². The van der Waals surface area contributed by atoms with Crippen LogP contribution in [0.25, 0.3) is 11.2 Å². The minimum absolute atomic E-state index is 0.532. The van der Waals surface area contributed by atoms with Gasteiger partial charge in [-0.3, -0.25) is 0 Å². The van der Waals surface area contributed by atoms with E-state index in [-0.39, 0.29) is 0 Å². The van der Waals surface area contributed by atoms with E-state index in [0.29, 0.717) is 5.92 Å². The maximum absolute atomic E-state index is 4.49. The zero-order valence-electron chi connectivity index (χ0n) is 7.77. The lowest BCUT2D eigenvalue weighted by Gasteiger charge is -2.02. The molecule has 14 heavy (non-hydrogen) atoms. The molecule has 1 aliphatic rings. The number of aromatic amines is 1.